The molecule has 33 heavy (non-hydrogen) atoms. The molecule has 0 spiro atoms. The van der Waals surface area contributed by atoms with Crippen LogP contribution in [0.15, 0.2) is 82.7 Å². The molecule has 166 valence electrons. The van der Waals surface area contributed by atoms with Crippen molar-refractivity contribution in [3.63, 3.8) is 0 Å². The number of para-hydroxylation sites is 1. The van der Waals surface area contributed by atoms with Gasteiger partial charge in [0.1, 0.15) is 11.0 Å². The number of thioether (sulfide) groups is 1. The third kappa shape index (κ3) is 4.12. The van der Waals surface area contributed by atoms with Crippen LogP contribution in [0.2, 0.25) is 5.02 Å². The highest BCUT2D eigenvalue weighted by Crippen LogP contribution is 2.32. The van der Waals surface area contributed by atoms with E-state index in [1.54, 1.807) is 30.3 Å². The van der Waals surface area contributed by atoms with E-state index in [9.17, 15) is 18.0 Å². The van der Waals surface area contributed by atoms with Gasteiger partial charge in [0, 0.05) is 21.7 Å². The van der Waals surface area contributed by atoms with E-state index < -0.39 is 11.7 Å². The molecule has 0 saturated heterocycles. The molecule has 0 aliphatic heterocycles. The van der Waals surface area contributed by atoms with Gasteiger partial charge in [-0.25, -0.2) is 4.98 Å². The van der Waals surface area contributed by atoms with Crippen molar-refractivity contribution in [2.24, 2.45) is 0 Å². The lowest BCUT2D eigenvalue weighted by molar-refractivity contribution is -0.137. The second-order valence-electron chi connectivity index (χ2n) is 7.40. The Balaban J connectivity index is 1.66. The molecule has 0 aliphatic rings. The van der Waals surface area contributed by atoms with Crippen LogP contribution in [-0.2, 0) is 11.9 Å². The first-order valence-corrected chi connectivity index (χ1v) is 11.3. The Morgan fingerprint density at radius 2 is 1.79 bits per heavy atom. The van der Waals surface area contributed by atoms with Crippen LogP contribution in [0.1, 0.15) is 11.1 Å². The molecule has 2 aromatic heterocycles. The molecule has 1 N–H and O–H groups in total. The average molecular weight is 486 g/mol. The van der Waals surface area contributed by atoms with Crippen LogP contribution in [-0.4, -0.2) is 14.5 Å². The molecule has 0 aliphatic carbocycles. The molecule has 4 nitrogen and oxygen atoms in total. The first kappa shape index (κ1) is 21.6. The standard InChI is InChI=1S/C24H15ClF3N3OS/c25-16-7-4-8-17(12-16)31-22(32)21-20(18-9-1-2-10-19(18)29-21)30-23(31)33-13-14-5-3-6-15(11-14)24(26,27)28/h1-12,29H,13H2. The zero-order valence-corrected chi connectivity index (χ0v) is 18.4. The predicted molar refractivity (Wildman–Crippen MR) is 125 cm³/mol. The number of rotatable bonds is 4. The molecule has 0 fully saturated rings. The quantitative estimate of drug-likeness (QED) is 0.224. The Morgan fingerprint density at radius 1 is 1.00 bits per heavy atom. The van der Waals surface area contributed by atoms with Crippen molar-refractivity contribution < 1.29 is 13.2 Å². The normalized spacial score (nSPS) is 12.0. The van der Waals surface area contributed by atoms with E-state index in [1.807, 2.05) is 24.3 Å². The summed E-state index contributed by atoms with van der Waals surface area (Å²) in [7, 11) is 0. The molecule has 2 heterocycles. The van der Waals surface area contributed by atoms with Crippen LogP contribution in [0.5, 0.6) is 0 Å². The predicted octanol–water partition coefficient (Wildman–Crippen LogP) is 6.83. The van der Waals surface area contributed by atoms with Crippen molar-refractivity contribution in [3.8, 4) is 5.69 Å². The first-order valence-electron chi connectivity index (χ1n) is 9.89. The van der Waals surface area contributed by atoms with E-state index in [-0.39, 0.29) is 11.3 Å². The van der Waals surface area contributed by atoms with Gasteiger partial charge in [0.2, 0.25) is 0 Å². The summed E-state index contributed by atoms with van der Waals surface area (Å²) < 4.78 is 40.8. The number of nitrogens with one attached hydrogen (secondary N) is 1. The molecule has 5 aromatic rings. The number of H-pyrrole nitrogens is 1. The molecule has 0 atom stereocenters. The van der Waals surface area contributed by atoms with Gasteiger partial charge in [-0.2, -0.15) is 13.2 Å². The Labute approximate surface area is 195 Å². The number of hydrogen-bond acceptors (Lipinski definition) is 3. The number of aromatic nitrogens is 3. The van der Waals surface area contributed by atoms with Crippen molar-refractivity contribution in [2.75, 3.05) is 0 Å². The van der Waals surface area contributed by atoms with Gasteiger partial charge in [0.15, 0.2) is 5.16 Å². The molecule has 0 amide bonds. The Morgan fingerprint density at radius 3 is 2.58 bits per heavy atom. The monoisotopic (exact) mass is 485 g/mol. The molecule has 0 unspecified atom stereocenters. The molecule has 0 bridgehead atoms. The molecular formula is C24H15ClF3N3OS. The Hall–Kier alpha value is -3.23. The zero-order valence-electron chi connectivity index (χ0n) is 16.9. The maximum atomic E-state index is 13.5. The van der Waals surface area contributed by atoms with Gasteiger partial charge in [-0.1, -0.05) is 65.8 Å². The molecule has 0 saturated carbocycles. The van der Waals surface area contributed by atoms with Crippen molar-refractivity contribution in [1.29, 1.82) is 0 Å². The number of alkyl halides is 3. The summed E-state index contributed by atoms with van der Waals surface area (Å²) >= 11 is 7.35. The minimum absolute atomic E-state index is 0.199. The summed E-state index contributed by atoms with van der Waals surface area (Å²) in [6, 6.07) is 19.4. The average Bonchev–Trinajstić information content (AvgIpc) is 3.16. The SMILES string of the molecule is O=c1c2[nH]c3ccccc3c2nc(SCc2cccc(C(F)(F)F)c2)n1-c1cccc(Cl)c1. The van der Waals surface area contributed by atoms with E-state index in [0.29, 0.717) is 32.5 Å². The Kier molecular flexibility index (Phi) is 5.42. The highest BCUT2D eigenvalue weighted by Gasteiger charge is 2.30. The van der Waals surface area contributed by atoms with E-state index in [0.717, 1.165) is 23.0 Å². The lowest BCUT2D eigenvalue weighted by Crippen LogP contribution is -2.21. The number of aromatic amines is 1. The summed E-state index contributed by atoms with van der Waals surface area (Å²) in [5.74, 6) is 0.199. The summed E-state index contributed by atoms with van der Waals surface area (Å²) in [4.78, 5) is 21.4. The van der Waals surface area contributed by atoms with Crippen molar-refractivity contribution in [1.82, 2.24) is 14.5 Å². The first-order chi connectivity index (χ1) is 15.8. The highest BCUT2D eigenvalue weighted by molar-refractivity contribution is 7.98. The maximum absolute atomic E-state index is 13.5. The number of halogens is 4. The number of nitrogens with zero attached hydrogens (tertiary/aromatic N) is 2. The summed E-state index contributed by atoms with van der Waals surface area (Å²) in [5.41, 5.74) is 1.60. The lowest BCUT2D eigenvalue weighted by Gasteiger charge is -2.13. The van der Waals surface area contributed by atoms with E-state index >= 15 is 0 Å². The van der Waals surface area contributed by atoms with Crippen molar-refractivity contribution >= 4 is 45.3 Å². The van der Waals surface area contributed by atoms with Crippen LogP contribution in [0.3, 0.4) is 0 Å². The zero-order chi connectivity index (χ0) is 23.2. The molecular weight excluding hydrogens is 471 g/mol. The highest BCUT2D eigenvalue weighted by atomic mass is 35.5. The molecule has 3 aromatic carbocycles. The van der Waals surface area contributed by atoms with Gasteiger partial charge < -0.3 is 4.98 Å². The minimum atomic E-state index is -4.43. The second-order valence-corrected chi connectivity index (χ2v) is 8.77. The van der Waals surface area contributed by atoms with Crippen molar-refractivity contribution in [2.45, 2.75) is 17.1 Å². The molecule has 9 heteroatoms. The fourth-order valence-corrected chi connectivity index (χ4v) is 4.80. The van der Waals surface area contributed by atoms with Gasteiger partial charge in [0.05, 0.1) is 11.3 Å². The number of hydrogen-bond donors (Lipinski definition) is 1. The minimum Gasteiger partial charge on any atom is -0.349 e. The van der Waals surface area contributed by atoms with Gasteiger partial charge in [-0.15, -0.1) is 0 Å². The van der Waals surface area contributed by atoms with Crippen LogP contribution >= 0.6 is 23.4 Å². The topological polar surface area (TPSA) is 50.7 Å². The van der Waals surface area contributed by atoms with Crippen molar-refractivity contribution in [3.05, 3.63) is 99.3 Å². The van der Waals surface area contributed by atoms with Crippen LogP contribution < -0.4 is 5.56 Å². The number of fused-ring (bicyclic) bond motifs is 3. The molecule has 5 rings (SSSR count). The fraction of sp³-hybridized carbons (Fsp3) is 0.0833. The third-order valence-corrected chi connectivity index (χ3v) is 6.43. The summed E-state index contributed by atoms with van der Waals surface area (Å²) in [6.45, 7) is 0. The summed E-state index contributed by atoms with van der Waals surface area (Å²) in [6.07, 6.45) is -4.43. The second kappa shape index (κ2) is 8.28. The van der Waals surface area contributed by atoms with Crippen LogP contribution in [0, 0.1) is 0 Å². The van der Waals surface area contributed by atoms with Crippen LogP contribution in [0.25, 0.3) is 27.6 Å². The lowest BCUT2D eigenvalue weighted by atomic mass is 10.1. The smallest absolute Gasteiger partial charge is 0.349 e. The maximum Gasteiger partial charge on any atom is 0.416 e. The van der Waals surface area contributed by atoms with Gasteiger partial charge in [0.25, 0.3) is 5.56 Å². The van der Waals surface area contributed by atoms with E-state index in [2.05, 4.69) is 4.98 Å². The van der Waals surface area contributed by atoms with E-state index in [1.165, 1.54) is 22.4 Å². The summed E-state index contributed by atoms with van der Waals surface area (Å²) in [5, 5.41) is 1.60. The van der Waals surface area contributed by atoms with E-state index in [4.69, 9.17) is 16.6 Å². The van der Waals surface area contributed by atoms with Crippen LogP contribution in [0.4, 0.5) is 13.2 Å². The molecule has 0 radical (unpaired) electrons. The van der Waals surface area contributed by atoms with Gasteiger partial charge in [-0.3, -0.25) is 9.36 Å². The fourth-order valence-electron chi connectivity index (χ4n) is 3.67. The largest absolute Gasteiger partial charge is 0.416 e. The third-order valence-electron chi connectivity index (χ3n) is 5.18. The van der Waals surface area contributed by atoms with Gasteiger partial charge >= 0.3 is 6.18 Å². The number of benzene rings is 3. The Bertz CT molecular complexity index is 1560. The van der Waals surface area contributed by atoms with Gasteiger partial charge in [-0.05, 0) is 35.9 Å².